The van der Waals surface area contributed by atoms with Gasteiger partial charge in [0.25, 0.3) is 0 Å². The molecule has 0 aromatic heterocycles. The van der Waals surface area contributed by atoms with E-state index in [1.165, 1.54) is 37.8 Å². The maximum Gasteiger partial charge on any atom is 0.0772 e. The van der Waals surface area contributed by atoms with Gasteiger partial charge in [0.1, 0.15) is 0 Å². The monoisotopic (exact) mass is 353 g/mol. The third-order valence-electron chi connectivity index (χ3n) is 4.48. The van der Waals surface area contributed by atoms with Crippen molar-refractivity contribution in [3.63, 3.8) is 0 Å². The molecule has 0 bridgehead atoms. The zero-order chi connectivity index (χ0) is 15.4. The molecule has 1 aliphatic carbocycles. The van der Waals surface area contributed by atoms with Crippen LogP contribution in [0.2, 0.25) is 0 Å². The van der Waals surface area contributed by atoms with E-state index in [1.54, 1.807) is 0 Å². The first kappa shape index (κ1) is 16.8. The van der Waals surface area contributed by atoms with Crippen LogP contribution in [-0.2, 0) is 0 Å². The summed E-state index contributed by atoms with van der Waals surface area (Å²) in [6, 6.07) is 7.10. The van der Waals surface area contributed by atoms with Crippen LogP contribution in [0, 0.1) is 5.92 Å². The third kappa shape index (κ3) is 4.46. The molecule has 1 fully saturated rings. The molecule has 0 saturated heterocycles. The van der Waals surface area contributed by atoms with Crippen LogP contribution in [0.5, 0.6) is 0 Å². The molecule has 0 spiro atoms. The van der Waals surface area contributed by atoms with Crippen molar-refractivity contribution in [3.05, 3.63) is 28.2 Å². The molecule has 21 heavy (non-hydrogen) atoms. The molecule has 118 valence electrons. The molecule has 0 aliphatic heterocycles. The molecule has 2 rings (SSSR count). The minimum absolute atomic E-state index is 0.427. The second kappa shape index (κ2) is 7.64. The van der Waals surface area contributed by atoms with E-state index in [0.717, 1.165) is 22.5 Å². The van der Waals surface area contributed by atoms with Gasteiger partial charge in [-0.1, -0.05) is 48.7 Å². The minimum Gasteiger partial charge on any atom is -0.389 e. The molecule has 1 atom stereocenters. The van der Waals surface area contributed by atoms with Crippen LogP contribution in [-0.4, -0.2) is 17.7 Å². The molecule has 0 unspecified atom stereocenters. The van der Waals surface area contributed by atoms with Crippen molar-refractivity contribution in [1.29, 1.82) is 0 Å². The molecule has 0 heterocycles. The number of nitrogens with zero attached hydrogens (tertiary/aromatic N) is 1. The van der Waals surface area contributed by atoms with Gasteiger partial charge in [0, 0.05) is 22.7 Å². The quantitative estimate of drug-likeness (QED) is 0.750. The van der Waals surface area contributed by atoms with Gasteiger partial charge in [0.2, 0.25) is 0 Å². The summed E-state index contributed by atoms with van der Waals surface area (Å²) in [6.45, 7) is 7.52. The summed E-state index contributed by atoms with van der Waals surface area (Å²) in [4.78, 5) is 2.59. The summed E-state index contributed by atoms with van der Waals surface area (Å²) >= 11 is 3.62. The van der Waals surface area contributed by atoms with Crippen molar-refractivity contribution in [2.75, 3.05) is 11.4 Å². The number of halogens is 1. The van der Waals surface area contributed by atoms with Crippen molar-refractivity contribution >= 4 is 21.6 Å². The highest BCUT2D eigenvalue weighted by Gasteiger charge is 2.23. The van der Waals surface area contributed by atoms with Gasteiger partial charge in [-0.05, 0) is 49.8 Å². The van der Waals surface area contributed by atoms with Gasteiger partial charge in [-0.2, -0.15) is 0 Å². The lowest BCUT2D eigenvalue weighted by atomic mass is 10.1. The Kier molecular flexibility index (Phi) is 6.12. The van der Waals surface area contributed by atoms with E-state index in [4.69, 9.17) is 0 Å². The Morgan fingerprint density at radius 1 is 1.24 bits per heavy atom. The average Bonchev–Trinajstić information content (AvgIpc) is 2.92. The van der Waals surface area contributed by atoms with Gasteiger partial charge in [0.15, 0.2) is 0 Å². The molecular formula is C18H28BrNO. The molecule has 1 aromatic rings. The van der Waals surface area contributed by atoms with Crippen LogP contribution in [0.25, 0.3) is 0 Å². The van der Waals surface area contributed by atoms with E-state index in [2.05, 4.69) is 52.9 Å². The Labute approximate surface area is 137 Å². The first-order valence-electron chi connectivity index (χ1n) is 8.23. The van der Waals surface area contributed by atoms with Crippen molar-refractivity contribution < 1.29 is 5.11 Å². The fourth-order valence-electron chi connectivity index (χ4n) is 3.17. The van der Waals surface area contributed by atoms with Crippen molar-refractivity contribution in [3.8, 4) is 0 Å². The fourth-order valence-corrected chi connectivity index (χ4v) is 3.87. The number of aliphatic hydroxyl groups excluding tert-OH is 1. The smallest absolute Gasteiger partial charge is 0.0772 e. The first-order valence-corrected chi connectivity index (χ1v) is 9.02. The number of aliphatic hydroxyl groups is 1. The molecule has 1 aromatic carbocycles. The van der Waals surface area contributed by atoms with Crippen LogP contribution in [0.3, 0.4) is 0 Å². The average molecular weight is 354 g/mol. The first-order chi connectivity index (χ1) is 9.99. The number of benzene rings is 1. The molecule has 0 radical (unpaired) electrons. The topological polar surface area (TPSA) is 23.5 Å². The van der Waals surface area contributed by atoms with E-state index in [1.807, 2.05) is 6.92 Å². The maximum absolute atomic E-state index is 9.78. The normalized spacial score (nSPS) is 17.4. The Balaban J connectivity index is 2.20. The maximum atomic E-state index is 9.78. The lowest BCUT2D eigenvalue weighted by Gasteiger charge is -2.32. The van der Waals surface area contributed by atoms with Crippen LogP contribution in [0.4, 0.5) is 5.69 Å². The van der Waals surface area contributed by atoms with Crippen LogP contribution in [0.1, 0.15) is 64.5 Å². The zero-order valence-electron chi connectivity index (χ0n) is 13.5. The van der Waals surface area contributed by atoms with E-state index in [-0.39, 0.29) is 0 Å². The lowest BCUT2D eigenvalue weighted by molar-refractivity contribution is 0.198. The SMILES string of the molecule is CC(C)CCN(c1ccc([C@H](C)O)c(Br)c1)C1CCCC1. The number of hydrogen-bond acceptors (Lipinski definition) is 2. The van der Waals surface area contributed by atoms with E-state index in [0.29, 0.717) is 6.04 Å². The Morgan fingerprint density at radius 2 is 1.90 bits per heavy atom. The summed E-state index contributed by atoms with van der Waals surface area (Å²) in [5, 5.41) is 9.78. The molecule has 2 nitrogen and oxygen atoms in total. The summed E-state index contributed by atoms with van der Waals surface area (Å²) in [7, 11) is 0. The summed E-state index contributed by atoms with van der Waals surface area (Å²) in [6.07, 6.45) is 6.14. The molecular weight excluding hydrogens is 326 g/mol. The minimum atomic E-state index is -0.427. The number of anilines is 1. The Morgan fingerprint density at radius 3 is 2.43 bits per heavy atom. The van der Waals surface area contributed by atoms with Crippen molar-refractivity contribution in [1.82, 2.24) is 0 Å². The standard InChI is InChI=1S/C18H28BrNO/c1-13(2)10-11-20(15-6-4-5-7-15)16-8-9-17(14(3)21)18(19)12-16/h8-9,12-15,21H,4-7,10-11H2,1-3H3/t14-/m0/s1. The van der Waals surface area contributed by atoms with Gasteiger partial charge in [-0.25, -0.2) is 0 Å². The predicted octanol–water partition coefficient (Wildman–Crippen LogP) is 5.30. The highest BCUT2D eigenvalue weighted by Crippen LogP contribution is 2.33. The molecule has 0 amide bonds. The van der Waals surface area contributed by atoms with Gasteiger partial charge >= 0.3 is 0 Å². The van der Waals surface area contributed by atoms with Gasteiger partial charge in [-0.3, -0.25) is 0 Å². The second-order valence-corrected chi connectivity index (χ2v) is 7.55. The predicted molar refractivity (Wildman–Crippen MR) is 93.8 cm³/mol. The highest BCUT2D eigenvalue weighted by atomic mass is 79.9. The highest BCUT2D eigenvalue weighted by molar-refractivity contribution is 9.10. The Bertz CT molecular complexity index is 453. The summed E-state index contributed by atoms with van der Waals surface area (Å²) in [5.74, 6) is 0.731. The third-order valence-corrected chi connectivity index (χ3v) is 5.17. The Hall–Kier alpha value is -0.540. The van der Waals surface area contributed by atoms with Crippen molar-refractivity contribution in [2.45, 2.75) is 65.0 Å². The lowest BCUT2D eigenvalue weighted by Crippen LogP contribution is -2.34. The van der Waals surface area contributed by atoms with Crippen LogP contribution < -0.4 is 4.90 Å². The van der Waals surface area contributed by atoms with Crippen LogP contribution >= 0.6 is 15.9 Å². The molecule has 3 heteroatoms. The van der Waals surface area contributed by atoms with Crippen LogP contribution in [0.15, 0.2) is 22.7 Å². The number of hydrogen-bond donors (Lipinski definition) is 1. The van der Waals surface area contributed by atoms with Crippen molar-refractivity contribution in [2.24, 2.45) is 5.92 Å². The van der Waals surface area contributed by atoms with Gasteiger partial charge in [-0.15, -0.1) is 0 Å². The van der Waals surface area contributed by atoms with E-state index >= 15 is 0 Å². The van der Waals surface area contributed by atoms with Gasteiger partial charge < -0.3 is 10.0 Å². The zero-order valence-corrected chi connectivity index (χ0v) is 15.1. The fraction of sp³-hybridized carbons (Fsp3) is 0.667. The molecule has 1 N–H and O–H groups in total. The summed E-state index contributed by atoms with van der Waals surface area (Å²) < 4.78 is 1.02. The van der Waals surface area contributed by atoms with E-state index < -0.39 is 6.10 Å². The van der Waals surface area contributed by atoms with E-state index in [9.17, 15) is 5.11 Å². The largest absolute Gasteiger partial charge is 0.389 e. The molecule has 1 saturated carbocycles. The second-order valence-electron chi connectivity index (χ2n) is 6.70. The van der Waals surface area contributed by atoms with Gasteiger partial charge in [0.05, 0.1) is 6.10 Å². The molecule has 1 aliphatic rings. The summed E-state index contributed by atoms with van der Waals surface area (Å²) in [5.41, 5.74) is 2.26. The number of rotatable bonds is 6.